The van der Waals surface area contributed by atoms with E-state index in [4.69, 9.17) is 25.8 Å². The SMILES string of the molecule is CN=C(NCCOc1ncccc1Cl)N1CCC(OCCCOC)CC1. The van der Waals surface area contributed by atoms with Gasteiger partial charge in [0, 0.05) is 46.7 Å². The lowest BCUT2D eigenvalue weighted by Crippen LogP contribution is -2.47. The van der Waals surface area contributed by atoms with Crippen LogP contribution in [0.2, 0.25) is 5.02 Å². The first-order chi connectivity index (χ1) is 12.7. The Morgan fingerprint density at radius 3 is 2.85 bits per heavy atom. The molecular weight excluding hydrogens is 356 g/mol. The molecule has 1 saturated heterocycles. The highest BCUT2D eigenvalue weighted by atomic mass is 35.5. The zero-order chi connectivity index (χ0) is 18.6. The van der Waals surface area contributed by atoms with Gasteiger partial charge in [0.2, 0.25) is 5.88 Å². The lowest BCUT2D eigenvalue weighted by molar-refractivity contribution is 0.00989. The zero-order valence-corrected chi connectivity index (χ0v) is 16.4. The number of ether oxygens (including phenoxy) is 3. The molecule has 2 heterocycles. The summed E-state index contributed by atoms with van der Waals surface area (Å²) in [6, 6.07) is 3.54. The zero-order valence-electron chi connectivity index (χ0n) is 15.6. The molecule has 0 aliphatic carbocycles. The van der Waals surface area contributed by atoms with E-state index in [-0.39, 0.29) is 0 Å². The lowest BCUT2D eigenvalue weighted by Gasteiger charge is -2.34. The molecule has 1 fully saturated rings. The Bertz CT molecular complexity index is 551. The van der Waals surface area contributed by atoms with Gasteiger partial charge in [0.15, 0.2) is 5.96 Å². The van der Waals surface area contributed by atoms with Crippen molar-refractivity contribution in [3.05, 3.63) is 23.4 Å². The molecule has 1 aromatic heterocycles. The van der Waals surface area contributed by atoms with Crippen molar-refractivity contribution in [1.29, 1.82) is 0 Å². The average molecular weight is 385 g/mol. The smallest absolute Gasteiger partial charge is 0.232 e. The van der Waals surface area contributed by atoms with Crippen molar-refractivity contribution in [2.75, 3.05) is 53.6 Å². The minimum absolute atomic E-state index is 0.329. The first-order valence-corrected chi connectivity index (χ1v) is 9.42. The van der Waals surface area contributed by atoms with Crippen molar-refractivity contribution in [2.45, 2.75) is 25.4 Å². The van der Waals surface area contributed by atoms with Crippen molar-refractivity contribution >= 4 is 17.6 Å². The number of aromatic nitrogens is 1. The summed E-state index contributed by atoms with van der Waals surface area (Å²) in [4.78, 5) is 10.7. The van der Waals surface area contributed by atoms with E-state index >= 15 is 0 Å². The maximum absolute atomic E-state index is 6.02. The molecule has 146 valence electrons. The molecule has 0 unspecified atom stereocenters. The van der Waals surface area contributed by atoms with E-state index in [1.165, 1.54) is 0 Å². The highest BCUT2D eigenvalue weighted by Crippen LogP contribution is 2.19. The third kappa shape index (κ3) is 6.97. The number of piperidine rings is 1. The Morgan fingerprint density at radius 2 is 2.15 bits per heavy atom. The Kier molecular flexibility index (Phi) is 9.52. The van der Waals surface area contributed by atoms with Crippen LogP contribution >= 0.6 is 11.6 Å². The van der Waals surface area contributed by atoms with E-state index in [1.54, 1.807) is 32.5 Å². The molecular formula is C18H29ClN4O3. The van der Waals surface area contributed by atoms with Crippen LogP contribution in [-0.2, 0) is 9.47 Å². The maximum Gasteiger partial charge on any atom is 0.232 e. The molecule has 2 rings (SSSR count). The number of halogens is 1. The van der Waals surface area contributed by atoms with Crippen LogP contribution < -0.4 is 10.1 Å². The first kappa shape index (κ1) is 20.7. The number of nitrogens with one attached hydrogen (secondary N) is 1. The third-order valence-electron chi connectivity index (χ3n) is 4.15. The van der Waals surface area contributed by atoms with Crippen LogP contribution in [0.25, 0.3) is 0 Å². The van der Waals surface area contributed by atoms with Gasteiger partial charge >= 0.3 is 0 Å². The van der Waals surface area contributed by atoms with Crippen LogP contribution in [0.1, 0.15) is 19.3 Å². The number of methoxy groups -OCH3 is 1. The van der Waals surface area contributed by atoms with E-state index in [9.17, 15) is 0 Å². The van der Waals surface area contributed by atoms with Crippen LogP contribution in [0.3, 0.4) is 0 Å². The molecule has 1 aliphatic heterocycles. The van der Waals surface area contributed by atoms with E-state index in [1.807, 2.05) is 0 Å². The fourth-order valence-corrected chi connectivity index (χ4v) is 2.98. The summed E-state index contributed by atoms with van der Waals surface area (Å²) in [5.41, 5.74) is 0. The fourth-order valence-electron chi connectivity index (χ4n) is 2.81. The van der Waals surface area contributed by atoms with Gasteiger partial charge in [0.1, 0.15) is 11.6 Å². The quantitative estimate of drug-likeness (QED) is 0.400. The second-order valence-electron chi connectivity index (χ2n) is 6.02. The number of aliphatic imine (C=N–C) groups is 1. The van der Waals surface area contributed by atoms with E-state index in [2.05, 4.69) is 20.2 Å². The largest absolute Gasteiger partial charge is 0.475 e. The van der Waals surface area contributed by atoms with Crippen molar-refractivity contribution in [3.8, 4) is 5.88 Å². The van der Waals surface area contributed by atoms with Crippen molar-refractivity contribution in [2.24, 2.45) is 4.99 Å². The van der Waals surface area contributed by atoms with Gasteiger partial charge in [-0.3, -0.25) is 4.99 Å². The summed E-state index contributed by atoms with van der Waals surface area (Å²) in [7, 11) is 3.51. The van der Waals surface area contributed by atoms with Gasteiger partial charge < -0.3 is 24.4 Å². The van der Waals surface area contributed by atoms with Gasteiger partial charge in [0.05, 0.1) is 12.6 Å². The first-order valence-electron chi connectivity index (χ1n) is 9.04. The monoisotopic (exact) mass is 384 g/mol. The standard InChI is InChI=1S/C18H29ClN4O3/c1-20-18(22-9-14-26-17-16(19)5-3-8-21-17)23-10-6-15(7-11-23)25-13-4-12-24-2/h3,5,8,15H,4,6-7,9-14H2,1-2H3,(H,20,22). The minimum atomic E-state index is 0.329. The molecule has 0 aromatic carbocycles. The van der Waals surface area contributed by atoms with Gasteiger partial charge in [-0.1, -0.05) is 11.6 Å². The lowest BCUT2D eigenvalue weighted by atomic mass is 10.1. The normalized spacial score (nSPS) is 16.0. The third-order valence-corrected chi connectivity index (χ3v) is 4.44. The Morgan fingerprint density at radius 1 is 1.35 bits per heavy atom. The average Bonchev–Trinajstić information content (AvgIpc) is 2.67. The Balaban J connectivity index is 1.64. The van der Waals surface area contributed by atoms with Crippen LogP contribution in [0.15, 0.2) is 23.3 Å². The van der Waals surface area contributed by atoms with E-state index < -0.39 is 0 Å². The number of rotatable bonds is 9. The van der Waals surface area contributed by atoms with Crippen molar-refractivity contribution in [3.63, 3.8) is 0 Å². The molecule has 0 bridgehead atoms. The van der Waals surface area contributed by atoms with Crippen LogP contribution in [0.5, 0.6) is 5.88 Å². The second kappa shape index (κ2) is 11.9. The van der Waals surface area contributed by atoms with Crippen LogP contribution in [0, 0.1) is 0 Å². The molecule has 0 saturated carbocycles. The number of nitrogens with zero attached hydrogens (tertiary/aromatic N) is 3. The topological polar surface area (TPSA) is 68.2 Å². The van der Waals surface area contributed by atoms with E-state index in [0.717, 1.165) is 51.5 Å². The minimum Gasteiger partial charge on any atom is -0.475 e. The van der Waals surface area contributed by atoms with Gasteiger partial charge in [-0.15, -0.1) is 0 Å². The van der Waals surface area contributed by atoms with Crippen LogP contribution in [0.4, 0.5) is 0 Å². The fraction of sp³-hybridized carbons (Fsp3) is 0.667. The molecule has 0 radical (unpaired) electrons. The summed E-state index contributed by atoms with van der Waals surface area (Å²) in [5, 5.41) is 3.84. The molecule has 0 atom stereocenters. The summed E-state index contributed by atoms with van der Waals surface area (Å²) in [6.45, 7) is 4.48. The van der Waals surface area contributed by atoms with Crippen molar-refractivity contribution < 1.29 is 14.2 Å². The molecule has 7 nitrogen and oxygen atoms in total. The van der Waals surface area contributed by atoms with Crippen LogP contribution in [-0.4, -0.2) is 75.6 Å². The summed E-state index contributed by atoms with van der Waals surface area (Å²) >= 11 is 6.02. The Hall–Kier alpha value is -1.57. The summed E-state index contributed by atoms with van der Waals surface area (Å²) < 4.78 is 16.5. The molecule has 1 aromatic rings. The predicted octanol–water partition coefficient (Wildman–Crippen LogP) is 2.21. The predicted molar refractivity (Wildman–Crippen MR) is 103 cm³/mol. The molecule has 0 spiro atoms. The number of likely N-dealkylation sites (tertiary alicyclic amines) is 1. The summed E-state index contributed by atoms with van der Waals surface area (Å²) in [6.07, 6.45) is 4.95. The van der Waals surface area contributed by atoms with Gasteiger partial charge in [-0.2, -0.15) is 0 Å². The number of guanidine groups is 1. The van der Waals surface area contributed by atoms with Crippen molar-refractivity contribution in [1.82, 2.24) is 15.2 Å². The molecule has 8 heteroatoms. The maximum atomic E-state index is 6.02. The van der Waals surface area contributed by atoms with Gasteiger partial charge in [-0.25, -0.2) is 4.98 Å². The molecule has 26 heavy (non-hydrogen) atoms. The number of pyridine rings is 1. The molecule has 0 amide bonds. The number of hydrogen-bond donors (Lipinski definition) is 1. The van der Waals surface area contributed by atoms with Gasteiger partial charge in [0.25, 0.3) is 0 Å². The van der Waals surface area contributed by atoms with Gasteiger partial charge in [-0.05, 0) is 31.4 Å². The van der Waals surface area contributed by atoms with E-state index in [0.29, 0.717) is 30.2 Å². The second-order valence-corrected chi connectivity index (χ2v) is 6.42. The highest BCUT2D eigenvalue weighted by Gasteiger charge is 2.21. The Labute approximate surface area is 160 Å². The molecule has 1 N–H and O–H groups in total. The number of hydrogen-bond acceptors (Lipinski definition) is 5. The molecule has 1 aliphatic rings. The highest BCUT2D eigenvalue weighted by molar-refractivity contribution is 6.31. The summed E-state index contributed by atoms with van der Waals surface area (Å²) in [5.74, 6) is 1.34.